The molecule has 3 rings (SSSR count). The van der Waals surface area contributed by atoms with Gasteiger partial charge in [0.2, 0.25) is 5.88 Å². The molecule has 3 aromatic rings. The maximum absolute atomic E-state index is 13.7. The van der Waals surface area contributed by atoms with Crippen molar-refractivity contribution in [3.63, 3.8) is 0 Å². The summed E-state index contributed by atoms with van der Waals surface area (Å²) in [6.45, 7) is 3.29. The molecule has 1 aromatic carbocycles. The molecule has 0 amide bonds. The highest BCUT2D eigenvalue weighted by Crippen LogP contribution is 2.21. The van der Waals surface area contributed by atoms with Gasteiger partial charge in [0, 0.05) is 11.6 Å². The lowest BCUT2D eigenvalue weighted by molar-refractivity contribution is -0.192. The summed E-state index contributed by atoms with van der Waals surface area (Å²) < 4.78 is 65.3. The molecule has 2 heterocycles. The zero-order valence-electron chi connectivity index (χ0n) is 17.4. The van der Waals surface area contributed by atoms with Crippen molar-refractivity contribution >= 4 is 21.9 Å². The molecule has 0 aliphatic carbocycles. The number of benzene rings is 1. The molecule has 0 bridgehead atoms. The van der Waals surface area contributed by atoms with Crippen molar-refractivity contribution in [2.45, 2.75) is 33.2 Å². The Morgan fingerprint density at radius 2 is 1.85 bits per heavy atom. The average Bonchev–Trinajstić information content (AvgIpc) is 2.75. The predicted octanol–water partition coefficient (Wildman–Crippen LogP) is 3.35. The lowest BCUT2D eigenvalue weighted by Gasteiger charge is -2.13. The summed E-state index contributed by atoms with van der Waals surface area (Å²) in [6, 6.07) is 3.17. The number of aliphatic carboxylic acids is 1. The first-order valence-corrected chi connectivity index (χ1v) is 9.88. The molecule has 0 aliphatic rings. The van der Waals surface area contributed by atoms with Crippen LogP contribution < -0.4 is 10.3 Å². The second-order valence-corrected chi connectivity index (χ2v) is 7.29. The third kappa shape index (κ3) is 7.26. The summed E-state index contributed by atoms with van der Waals surface area (Å²) in [5.74, 6) is -3.25. The molecule has 0 radical (unpaired) electrons. The topological polar surface area (TPSA) is 120 Å². The van der Waals surface area contributed by atoms with E-state index in [-0.39, 0.29) is 34.6 Å². The molecule has 9 nitrogen and oxygen atoms in total. The highest BCUT2D eigenvalue weighted by molar-refractivity contribution is 9.10. The maximum atomic E-state index is 13.7. The van der Waals surface area contributed by atoms with E-state index >= 15 is 0 Å². The second-order valence-electron chi connectivity index (χ2n) is 6.49. The zero-order chi connectivity index (χ0) is 25.6. The average molecular weight is 552 g/mol. The zero-order valence-corrected chi connectivity index (χ0v) is 19.0. The molecule has 0 aliphatic heterocycles. The van der Waals surface area contributed by atoms with E-state index in [1.165, 1.54) is 16.8 Å². The van der Waals surface area contributed by atoms with Crippen LogP contribution in [-0.2, 0) is 17.9 Å². The quantitative estimate of drug-likeness (QED) is 0.479. The fraction of sp³-hybridized carbons (Fsp3) is 0.263. The standard InChI is InChI=1S/C17H14BrF2N5O2.C2HF3O2/c1-9-21-6-13(24-23-9)7-25-10(2)22-16(15(18)17(25)26)27-8-11-3-4-12(19)5-14(11)20;3-2(4,5)1(6)7/h3-6H,7-8H2,1-2H3;(H,6,7). The van der Waals surface area contributed by atoms with Crippen LogP contribution in [-0.4, -0.2) is 42.0 Å². The predicted molar refractivity (Wildman–Crippen MR) is 109 cm³/mol. The van der Waals surface area contributed by atoms with Crippen molar-refractivity contribution in [3.8, 4) is 5.88 Å². The Labute approximate surface area is 196 Å². The first-order chi connectivity index (χ1) is 15.8. The number of hydrogen-bond donors (Lipinski definition) is 1. The Balaban J connectivity index is 0.000000509. The van der Waals surface area contributed by atoms with Gasteiger partial charge in [0.1, 0.15) is 40.1 Å². The second kappa shape index (κ2) is 11.1. The molecule has 0 unspecified atom stereocenters. The van der Waals surface area contributed by atoms with Gasteiger partial charge in [0.25, 0.3) is 5.56 Å². The number of rotatable bonds is 5. The van der Waals surface area contributed by atoms with Crippen molar-refractivity contribution in [3.05, 3.63) is 73.8 Å². The Morgan fingerprint density at radius 1 is 1.21 bits per heavy atom. The number of carbonyl (C=O) groups is 1. The van der Waals surface area contributed by atoms with Gasteiger partial charge in [-0.15, -0.1) is 5.10 Å². The van der Waals surface area contributed by atoms with Crippen LogP contribution >= 0.6 is 15.9 Å². The highest BCUT2D eigenvalue weighted by Gasteiger charge is 2.38. The van der Waals surface area contributed by atoms with E-state index in [1.54, 1.807) is 13.8 Å². The van der Waals surface area contributed by atoms with Gasteiger partial charge in [-0.05, 0) is 41.9 Å². The third-order valence-electron chi connectivity index (χ3n) is 3.94. The molecule has 0 fully saturated rings. The number of alkyl halides is 3. The Kier molecular flexibility index (Phi) is 8.73. The summed E-state index contributed by atoms with van der Waals surface area (Å²) in [4.78, 5) is 29.8. The fourth-order valence-electron chi connectivity index (χ4n) is 2.27. The van der Waals surface area contributed by atoms with Crippen molar-refractivity contribution in [2.75, 3.05) is 0 Å². The van der Waals surface area contributed by atoms with E-state index in [0.29, 0.717) is 17.3 Å². The van der Waals surface area contributed by atoms with Crippen LogP contribution in [0.4, 0.5) is 22.0 Å². The molecular formula is C19H15BrF5N5O4. The van der Waals surface area contributed by atoms with Crippen LogP contribution in [0.3, 0.4) is 0 Å². The van der Waals surface area contributed by atoms with Crippen molar-refractivity contribution in [1.29, 1.82) is 0 Å². The summed E-state index contributed by atoms with van der Waals surface area (Å²) in [7, 11) is 0. The minimum Gasteiger partial charge on any atom is -0.475 e. The number of carboxylic acids is 1. The van der Waals surface area contributed by atoms with E-state index < -0.39 is 23.8 Å². The Hall–Kier alpha value is -3.49. The molecular weight excluding hydrogens is 537 g/mol. The van der Waals surface area contributed by atoms with Gasteiger partial charge in [-0.1, -0.05) is 0 Å². The van der Waals surface area contributed by atoms with Crippen LogP contribution in [0.1, 0.15) is 22.9 Å². The Morgan fingerprint density at radius 3 is 2.38 bits per heavy atom. The maximum Gasteiger partial charge on any atom is 0.490 e. The van der Waals surface area contributed by atoms with E-state index in [9.17, 15) is 26.7 Å². The monoisotopic (exact) mass is 551 g/mol. The summed E-state index contributed by atoms with van der Waals surface area (Å²) in [5, 5.41) is 15.0. The molecule has 0 saturated heterocycles. The van der Waals surface area contributed by atoms with E-state index in [4.69, 9.17) is 14.6 Å². The lowest BCUT2D eigenvalue weighted by Crippen LogP contribution is -2.26. The van der Waals surface area contributed by atoms with Crippen LogP contribution in [0.5, 0.6) is 5.88 Å². The highest BCUT2D eigenvalue weighted by atomic mass is 79.9. The van der Waals surface area contributed by atoms with Crippen molar-refractivity contribution < 1.29 is 36.6 Å². The van der Waals surface area contributed by atoms with Gasteiger partial charge in [0.15, 0.2) is 0 Å². The van der Waals surface area contributed by atoms with Gasteiger partial charge >= 0.3 is 12.1 Å². The molecule has 2 aromatic heterocycles. The van der Waals surface area contributed by atoms with Gasteiger partial charge in [0.05, 0.1) is 12.7 Å². The number of nitrogens with zero attached hydrogens (tertiary/aromatic N) is 5. The van der Waals surface area contributed by atoms with Gasteiger partial charge < -0.3 is 9.84 Å². The normalized spacial score (nSPS) is 10.9. The van der Waals surface area contributed by atoms with Gasteiger partial charge in [-0.3, -0.25) is 9.36 Å². The summed E-state index contributed by atoms with van der Waals surface area (Å²) in [6.07, 6.45) is -3.55. The molecule has 0 atom stereocenters. The van der Waals surface area contributed by atoms with E-state index in [0.717, 1.165) is 12.1 Å². The number of ether oxygens (including phenoxy) is 1. The van der Waals surface area contributed by atoms with E-state index in [2.05, 4.69) is 36.1 Å². The number of aryl methyl sites for hydroxylation is 2. The summed E-state index contributed by atoms with van der Waals surface area (Å²) in [5.41, 5.74) is 0.258. The number of halogens is 6. The van der Waals surface area contributed by atoms with Crippen LogP contribution in [0, 0.1) is 25.5 Å². The lowest BCUT2D eigenvalue weighted by atomic mass is 10.2. The minimum atomic E-state index is -5.08. The third-order valence-corrected chi connectivity index (χ3v) is 4.62. The molecule has 182 valence electrons. The molecule has 34 heavy (non-hydrogen) atoms. The van der Waals surface area contributed by atoms with Crippen LogP contribution in [0.2, 0.25) is 0 Å². The number of aromatic nitrogens is 5. The first-order valence-electron chi connectivity index (χ1n) is 9.08. The SMILES string of the molecule is Cc1ncc(Cn2c(C)nc(OCc3ccc(F)cc3F)c(Br)c2=O)nn1.O=C(O)C(F)(F)F. The summed E-state index contributed by atoms with van der Waals surface area (Å²) >= 11 is 3.17. The van der Waals surface area contributed by atoms with Gasteiger partial charge in [-0.2, -0.15) is 23.3 Å². The Bertz CT molecular complexity index is 1240. The van der Waals surface area contributed by atoms with Crippen LogP contribution in [0.25, 0.3) is 0 Å². The largest absolute Gasteiger partial charge is 0.490 e. The first kappa shape index (κ1) is 26.8. The number of carboxylic acid groups (broad SMARTS) is 1. The molecule has 15 heteroatoms. The molecule has 0 spiro atoms. The number of hydrogen-bond acceptors (Lipinski definition) is 7. The van der Waals surface area contributed by atoms with Crippen LogP contribution in [0.15, 0.2) is 33.7 Å². The minimum absolute atomic E-state index is 0.0191. The van der Waals surface area contributed by atoms with Crippen molar-refractivity contribution in [1.82, 2.24) is 24.7 Å². The molecule has 0 saturated carbocycles. The van der Waals surface area contributed by atoms with E-state index in [1.807, 2.05) is 0 Å². The van der Waals surface area contributed by atoms with Crippen molar-refractivity contribution in [2.24, 2.45) is 0 Å². The smallest absolute Gasteiger partial charge is 0.475 e. The fourth-order valence-corrected chi connectivity index (χ4v) is 2.69. The van der Waals surface area contributed by atoms with Gasteiger partial charge in [-0.25, -0.2) is 18.6 Å². The molecule has 1 N–H and O–H groups in total.